The smallest absolute Gasteiger partial charge is 0.270 e. The molecule has 8 heteroatoms. The highest BCUT2D eigenvalue weighted by Gasteiger charge is 2.30. The lowest BCUT2D eigenvalue weighted by atomic mass is 10.0. The van der Waals surface area contributed by atoms with Crippen LogP contribution in [0.4, 0.5) is 11.4 Å². The largest absolute Gasteiger partial charge is 0.369 e. The van der Waals surface area contributed by atoms with E-state index in [1.165, 1.54) is 0 Å². The van der Waals surface area contributed by atoms with Crippen molar-refractivity contribution in [3.8, 4) is 0 Å². The predicted molar refractivity (Wildman–Crippen MR) is 118 cm³/mol. The predicted octanol–water partition coefficient (Wildman–Crippen LogP) is 3.92. The van der Waals surface area contributed by atoms with Crippen molar-refractivity contribution in [3.05, 3.63) is 68.7 Å². The molecule has 1 atom stereocenters. The second-order valence-electron chi connectivity index (χ2n) is 7.96. The third-order valence-electron chi connectivity index (χ3n) is 5.83. The molecule has 0 aromatic heterocycles. The van der Waals surface area contributed by atoms with E-state index in [2.05, 4.69) is 21.7 Å². The summed E-state index contributed by atoms with van der Waals surface area (Å²) in [6.45, 7) is 5.95. The summed E-state index contributed by atoms with van der Waals surface area (Å²) < 4.78 is 6.20. The van der Waals surface area contributed by atoms with E-state index in [1.54, 1.807) is 12.1 Å². The molecule has 2 aliphatic rings. The SMILES string of the molecule is CN1CCN(c2ccc([N+](=O)[O-])cc2[C@@H]2OCCCN2Cc2ccc(Cl)cc2)CC1. The fourth-order valence-electron chi connectivity index (χ4n) is 4.15. The number of ether oxygens (including phenoxy) is 1. The molecule has 0 radical (unpaired) electrons. The molecule has 0 amide bonds. The summed E-state index contributed by atoms with van der Waals surface area (Å²) in [7, 11) is 2.12. The molecule has 30 heavy (non-hydrogen) atoms. The van der Waals surface area contributed by atoms with Crippen LogP contribution < -0.4 is 4.90 Å². The molecular formula is C22H27ClN4O3. The van der Waals surface area contributed by atoms with Gasteiger partial charge in [-0.15, -0.1) is 0 Å². The maximum atomic E-state index is 11.5. The average Bonchev–Trinajstić information content (AvgIpc) is 2.76. The fourth-order valence-corrected chi connectivity index (χ4v) is 4.27. The molecule has 2 heterocycles. The van der Waals surface area contributed by atoms with Crippen molar-refractivity contribution in [1.82, 2.24) is 9.80 Å². The second kappa shape index (κ2) is 9.31. The molecule has 2 saturated heterocycles. The molecule has 0 bridgehead atoms. The zero-order valence-electron chi connectivity index (χ0n) is 17.2. The first-order valence-electron chi connectivity index (χ1n) is 10.3. The monoisotopic (exact) mass is 430 g/mol. The highest BCUT2D eigenvalue weighted by atomic mass is 35.5. The summed E-state index contributed by atoms with van der Waals surface area (Å²) in [6.07, 6.45) is 0.618. The third-order valence-corrected chi connectivity index (χ3v) is 6.08. The maximum absolute atomic E-state index is 11.5. The topological polar surface area (TPSA) is 62.1 Å². The van der Waals surface area contributed by atoms with E-state index in [9.17, 15) is 10.1 Å². The Balaban J connectivity index is 1.66. The molecule has 2 aliphatic heterocycles. The van der Waals surface area contributed by atoms with Gasteiger partial charge in [-0.3, -0.25) is 15.0 Å². The van der Waals surface area contributed by atoms with Crippen LogP contribution in [0, 0.1) is 10.1 Å². The summed E-state index contributed by atoms with van der Waals surface area (Å²) in [5.41, 5.74) is 3.15. The average molecular weight is 431 g/mol. The number of piperazine rings is 1. The molecule has 7 nitrogen and oxygen atoms in total. The minimum atomic E-state index is -0.330. The summed E-state index contributed by atoms with van der Waals surface area (Å²) >= 11 is 6.03. The zero-order chi connectivity index (χ0) is 21.1. The number of rotatable bonds is 5. The summed E-state index contributed by atoms with van der Waals surface area (Å²) in [5, 5.41) is 12.2. The maximum Gasteiger partial charge on any atom is 0.270 e. The first kappa shape index (κ1) is 21.1. The van der Waals surface area contributed by atoms with Gasteiger partial charge >= 0.3 is 0 Å². The van der Waals surface area contributed by atoms with Crippen LogP contribution in [0.1, 0.15) is 23.8 Å². The van der Waals surface area contributed by atoms with Gasteiger partial charge in [0.1, 0.15) is 6.23 Å². The Morgan fingerprint density at radius 2 is 1.83 bits per heavy atom. The molecule has 160 valence electrons. The Bertz CT molecular complexity index is 884. The van der Waals surface area contributed by atoms with Crippen LogP contribution in [-0.2, 0) is 11.3 Å². The Morgan fingerprint density at radius 1 is 1.10 bits per heavy atom. The zero-order valence-corrected chi connectivity index (χ0v) is 17.9. The number of non-ortho nitro benzene ring substituents is 1. The molecule has 0 aliphatic carbocycles. The molecule has 0 N–H and O–H groups in total. The number of anilines is 1. The first-order valence-corrected chi connectivity index (χ1v) is 10.7. The van der Waals surface area contributed by atoms with Crippen LogP contribution in [-0.4, -0.2) is 61.1 Å². The lowest BCUT2D eigenvalue weighted by Crippen LogP contribution is -2.45. The Kier molecular flexibility index (Phi) is 6.53. The van der Waals surface area contributed by atoms with Gasteiger partial charge in [0, 0.05) is 67.7 Å². The van der Waals surface area contributed by atoms with Gasteiger partial charge in [0.2, 0.25) is 0 Å². The van der Waals surface area contributed by atoms with Gasteiger partial charge in [0.05, 0.1) is 11.5 Å². The number of benzene rings is 2. The number of likely N-dealkylation sites (N-methyl/N-ethyl adjacent to an activating group) is 1. The van der Waals surface area contributed by atoms with E-state index in [1.807, 2.05) is 30.3 Å². The highest BCUT2D eigenvalue weighted by molar-refractivity contribution is 6.30. The Morgan fingerprint density at radius 3 is 2.53 bits per heavy atom. The van der Waals surface area contributed by atoms with E-state index in [4.69, 9.17) is 16.3 Å². The van der Waals surface area contributed by atoms with Gasteiger partial charge in [-0.1, -0.05) is 23.7 Å². The lowest BCUT2D eigenvalue weighted by Gasteiger charge is -2.40. The van der Waals surface area contributed by atoms with Crippen LogP contribution >= 0.6 is 11.6 Å². The van der Waals surface area contributed by atoms with Gasteiger partial charge in [-0.05, 0) is 37.2 Å². The fraction of sp³-hybridized carbons (Fsp3) is 0.455. The molecule has 2 fully saturated rings. The lowest BCUT2D eigenvalue weighted by molar-refractivity contribution is -0.385. The van der Waals surface area contributed by atoms with Gasteiger partial charge in [0.25, 0.3) is 5.69 Å². The van der Waals surface area contributed by atoms with Gasteiger partial charge in [-0.25, -0.2) is 0 Å². The number of nitro benzene ring substituents is 1. The van der Waals surface area contributed by atoms with E-state index in [-0.39, 0.29) is 16.8 Å². The van der Waals surface area contributed by atoms with Crippen molar-refractivity contribution in [2.45, 2.75) is 19.2 Å². The molecule has 0 spiro atoms. The Labute approximate surface area is 181 Å². The second-order valence-corrected chi connectivity index (χ2v) is 8.40. The van der Waals surface area contributed by atoms with E-state index in [0.717, 1.165) is 56.0 Å². The number of hydrogen-bond donors (Lipinski definition) is 0. The van der Waals surface area contributed by atoms with E-state index in [0.29, 0.717) is 18.2 Å². The van der Waals surface area contributed by atoms with Crippen LogP contribution in [0.3, 0.4) is 0 Å². The number of nitro groups is 1. The number of nitrogens with zero attached hydrogens (tertiary/aromatic N) is 4. The number of halogens is 1. The van der Waals surface area contributed by atoms with E-state index >= 15 is 0 Å². The summed E-state index contributed by atoms with van der Waals surface area (Å²) in [6, 6.07) is 13.0. The standard InChI is InChI=1S/C22H27ClN4O3/c1-24-10-12-25(13-11-24)21-8-7-19(27(28)29)15-20(21)22-26(9-2-14-30-22)16-17-3-5-18(23)6-4-17/h3-8,15,22H,2,9-14,16H2,1H3/t22-/m0/s1. The molecule has 0 saturated carbocycles. The van der Waals surface area contributed by atoms with Crippen molar-refractivity contribution < 1.29 is 9.66 Å². The van der Waals surface area contributed by atoms with Crippen molar-refractivity contribution in [3.63, 3.8) is 0 Å². The molecule has 0 unspecified atom stereocenters. The highest BCUT2D eigenvalue weighted by Crippen LogP contribution is 2.37. The van der Waals surface area contributed by atoms with Gasteiger partial charge in [-0.2, -0.15) is 0 Å². The van der Waals surface area contributed by atoms with Crippen LogP contribution in [0.15, 0.2) is 42.5 Å². The summed E-state index contributed by atoms with van der Waals surface area (Å²) in [4.78, 5) is 18.0. The minimum Gasteiger partial charge on any atom is -0.369 e. The first-order chi connectivity index (χ1) is 14.5. The number of hydrogen-bond acceptors (Lipinski definition) is 6. The minimum absolute atomic E-state index is 0.100. The van der Waals surface area contributed by atoms with Crippen LogP contribution in [0.25, 0.3) is 0 Å². The molecule has 2 aromatic rings. The van der Waals surface area contributed by atoms with Gasteiger partial charge < -0.3 is 14.5 Å². The molecular weight excluding hydrogens is 404 g/mol. The van der Waals surface area contributed by atoms with E-state index < -0.39 is 0 Å². The normalized spacial score (nSPS) is 21.0. The molecule has 4 rings (SSSR count). The van der Waals surface area contributed by atoms with Crippen molar-refractivity contribution in [1.29, 1.82) is 0 Å². The van der Waals surface area contributed by atoms with Crippen molar-refractivity contribution in [2.24, 2.45) is 0 Å². The summed E-state index contributed by atoms with van der Waals surface area (Å²) in [5.74, 6) is 0. The van der Waals surface area contributed by atoms with Gasteiger partial charge in [0.15, 0.2) is 0 Å². The van der Waals surface area contributed by atoms with Crippen molar-refractivity contribution >= 4 is 23.0 Å². The van der Waals surface area contributed by atoms with Crippen LogP contribution in [0.5, 0.6) is 0 Å². The molecule has 2 aromatic carbocycles. The van der Waals surface area contributed by atoms with Crippen molar-refractivity contribution in [2.75, 3.05) is 51.3 Å². The quantitative estimate of drug-likeness (QED) is 0.529. The van der Waals surface area contributed by atoms with Crippen LogP contribution in [0.2, 0.25) is 5.02 Å². The Hall–Kier alpha value is -2.19. The third kappa shape index (κ3) is 4.75.